The Morgan fingerprint density at radius 1 is 1.15 bits per heavy atom. The lowest BCUT2D eigenvalue weighted by Crippen LogP contribution is -2.42. The molecule has 2 nitrogen and oxygen atoms in total. The first kappa shape index (κ1) is 13.6. The summed E-state index contributed by atoms with van der Waals surface area (Å²) in [5, 5.41) is 6.07. The molecule has 1 fully saturated rings. The summed E-state index contributed by atoms with van der Waals surface area (Å²) in [4.78, 5) is 0. The van der Waals surface area contributed by atoms with Crippen molar-refractivity contribution in [3.05, 3.63) is 48.0 Å². The zero-order chi connectivity index (χ0) is 14.0. The summed E-state index contributed by atoms with van der Waals surface area (Å²) in [5.41, 5.74) is 1.45. The number of rotatable bonds is 5. The van der Waals surface area contributed by atoms with E-state index in [0.717, 1.165) is 6.42 Å². The van der Waals surface area contributed by atoms with Crippen molar-refractivity contribution in [2.45, 2.75) is 37.3 Å². The summed E-state index contributed by atoms with van der Waals surface area (Å²) in [5.74, 6) is 0. The first-order valence-electron chi connectivity index (χ1n) is 7.47. The maximum absolute atomic E-state index is 5.78. The van der Waals surface area contributed by atoms with Crippen LogP contribution in [0.1, 0.15) is 37.3 Å². The molecule has 1 unspecified atom stereocenters. The van der Waals surface area contributed by atoms with Crippen LogP contribution in [0.2, 0.25) is 0 Å². The summed E-state index contributed by atoms with van der Waals surface area (Å²) in [6.07, 6.45) is 4.73. The van der Waals surface area contributed by atoms with Crippen LogP contribution >= 0.6 is 0 Å². The highest BCUT2D eigenvalue weighted by molar-refractivity contribution is 5.83. The monoisotopic (exact) mass is 269 g/mol. The quantitative estimate of drug-likeness (QED) is 0.884. The van der Waals surface area contributed by atoms with Crippen LogP contribution in [0.3, 0.4) is 0 Å². The number of hydrogen-bond donors (Lipinski definition) is 1. The average molecular weight is 269 g/mol. The molecule has 0 amide bonds. The molecule has 0 saturated heterocycles. The summed E-state index contributed by atoms with van der Waals surface area (Å²) in [7, 11) is 3.90. The molecule has 1 aliphatic carbocycles. The molecule has 2 heteroatoms. The molecule has 0 radical (unpaired) electrons. The van der Waals surface area contributed by atoms with Crippen LogP contribution in [0.4, 0.5) is 0 Å². The average Bonchev–Trinajstić information content (AvgIpc) is 2.46. The Kier molecular flexibility index (Phi) is 3.77. The van der Waals surface area contributed by atoms with Gasteiger partial charge in [0.25, 0.3) is 0 Å². The summed E-state index contributed by atoms with van der Waals surface area (Å²) < 4.78 is 5.78. The second kappa shape index (κ2) is 5.55. The summed E-state index contributed by atoms with van der Waals surface area (Å²) in [6, 6.07) is 15.7. The predicted octanol–water partition coefficient (Wildman–Crippen LogP) is 4.06. The number of fused-ring (bicyclic) bond motifs is 1. The first-order chi connectivity index (χ1) is 9.76. The van der Waals surface area contributed by atoms with Crippen molar-refractivity contribution in [3.8, 4) is 0 Å². The van der Waals surface area contributed by atoms with Crippen molar-refractivity contribution in [1.29, 1.82) is 0 Å². The van der Waals surface area contributed by atoms with Crippen LogP contribution in [-0.2, 0) is 4.74 Å². The number of nitrogens with one attached hydrogen (secondary N) is 1. The fourth-order valence-corrected chi connectivity index (χ4v) is 3.25. The predicted molar refractivity (Wildman–Crippen MR) is 84.0 cm³/mol. The Morgan fingerprint density at radius 3 is 2.50 bits per heavy atom. The molecular formula is C18H23NO. The Labute approximate surface area is 121 Å². The van der Waals surface area contributed by atoms with E-state index >= 15 is 0 Å². The second-order valence-corrected chi connectivity index (χ2v) is 5.89. The number of benzene rings is 2. The van der Waals surface area contributed by atoms with Crippen molar-refractivity contribution in [2.24, 2.45) is 0 Å². The van der Waals surface area contributed by atoms with Gasteiger partial charge in [0.2, 0.25) is 0 Å². The van der Waals surface area contributed by atoms with Gasteiger partial charge >= 0.3 is 0 Å². The minimum absolute atomic E-state index is 0.0965. The Bertz CT molecular complexity index is 583. The van der Waals surface area contributed by atoms with Crippen LogP contribution < -0.4 is 5.32 Å². The third kappa shape index (κ3) is 2.46. The molecular weight excluding hydrogens is 246 g/mol. The van der Waals surface area contributed by atoms with Crippen molar-refractivity contribution in [1.82, 2.24) is 5.32 Å². The summed E-state index contributed by atoms with van der Waals surface area (Å²) in [6.45, 7) is 0. The highest BCUT2D eigenvalue weighted by Gasteiger charge is 2.39. The number of ether oxygens (including phenoxy) is 1. The highest BCUT2D eigenvalue weighted by Crippen LogP contribution is 2.42. The molecule has 1 atom stereocenters. The molecule has 3 rings (SSSR count). The van der Waals surface area contributed by atoms with Crippen LogP contribution in [0, 0.1) is 0 Å². The summed E-state index contributed by atoms with van der Waals surface area (Å²) >= 11 is 0. The van der Waals surface area contributed by atoms with Gasteiger partial charge in [0, 0.05) is 13.2 Å². The molecule has 0 aliphatic heterocycles. The van der Waals surface area contributed by atoms with Gasteiger partial charge in [-0.05, 0) is 55.1 Å². The van der Waals surface area contributed by atoms with Gasteiger partial charge in [-0.1, -0.05) is 36.4 Å². The van der Waals surface area contributed by atoms with Crippen molar-refractivity contribution >= 4 is 10.8 Å². The Hall–Kier alpha value is -1.38. The van der Waals surface area contributed by atoms with E-state index in [0.29, 0.717) is 6.04 Å². The standard InChI is InChI=1S/C18H23NO/c1-19-17(13-18(20-2)10-5-11-18)16-9-8-14-6-3-4-7-15(14)12-16/h3-4,6-9,12,17,19H,5,10-11,13H2,1-2H3. The van der Waals surface area contributed by atoms with E-state index < -0.39 is 0 Å². The zero-order valence-electron chi connectivity index (χ0n) is 12.4. The van der Waals surface area contributed by atoms with Gasteiger partial charge in [-0.2, -0.15) is 0 Å². The van der Waals surface area contributed by atoms with Gasteiger partial charge in [-0.15, -0.1) is 0 Å². The third-order valence-corrected chi connectivity index (χ3v) is 4.80. The van der Waals surface area contributed by atoms with Crippen LogP contribution in [0.25, 0.3) is 10.8 Å². The van der Waals surface area contributed by atoms with E-state index in [1.54, 1.807) is 0 Å². The molecule has 1 aliphatic rings. The van der Waals surface area contributed by atoms with E-state index in [2.05, 4.69) is 47.8 Å². The van der Waals surface area contributed by atoms with Crippen molar-refractivity contribution in [2.75, 3.05) is 14.2 Å². The molecule has 2 aromatic carbocycles. The minimum Gasteiger partial charge on any atom is -0.378 e. The fourth-order valence-electron chi connectivity index (χ4n) is 3.25. The van der Waals surface area contributed by atoms with Crippen LogP contribution in [0.15, 0.2) is 42.5 Å². The molecule has 20 heavy (non-hydrogen) atoms. The van der Waals surface area contributed by atoms with Crippen molar-refractivity contribution in [3.63, 3.8) is 0 Å². The van der Waals surface area contributed by atoms with E-state index in [-0.39, 0.29) is 5.60 Å². The van der Waals surface area contributed by atoms with Gasteiger partial charge < -0.3 is 10.1 Å². The minimum atomic E-state index is 0.0965. The molecule has 0 spiro atoms. The number of hydrogen-bond acceptors (Lipinski definition) is 2. The van der Waals surface area contributed by atoms with E-state index in [1.807, 2.05) is 14.2 Å². The SMILES string of the molecule is CNC(CC1(OC)CCC1)c1ccc2ccccc2c1. The molecule has 0 bridgehead atoms. The van der Waals surface area contributed by atoms with Gasteiger partial charge in [-0.25, -0.2) is 0 Å². The fraction of sp³-hybridized carbons (Fsp3) is 0.444. The normalized spacial score (nSPS) is 18.7. The maximum atomic E-state index is 5.78. The molecule has 1 saturated carbocycles. The van der Waals surface area contributed by atoms with Crippen molar-refractivity contribution < 1.29 is 4.74 Å². The number of methoxy groups -OCH3 is 1. The largest absolute Gasteiger partial charge is 0.378 e. The molecule has 0 heterocycles. The molecule has 106 valence electrons. The first-order valence-corrected chi connectivity index (χ1v) is 7.47. The molecule has 1 N–H and O–H groups in total. The van der Waals surface area contributed by atoms with E-state index in [1.165, 1.54) is 35.6 Å². The smallest absolute Gasteiger partial charge is 0.0697 e. The molecule has 0 aromatic heterocycles. The second-order valence-electron chi connectivity index (χ2n) is 5.89. The highest BCUT2D eigenvalue weighted by atomic mass is 16.5. The lowest BCUT2D eigenvalue weighted by atomic mass is 9.74. The van der Waals surface area contributed by atoms with Gasteiger partial charge in [-0.3, -0.25) is 0 Å². The Morgan fingerprint density at radius 2 is 1.90 bits per heavy atom. The van der Waals surface area contributed by atoms with Gasteiger partial charge in [0.05, 0.1) is 5.60 Å². The lowest BCUT2D eigenvalue weighted by molar-refractivity contribution is -0.0834. The molecule has 2 aromatic rings. The third-order valence-electron chi connectivity index (χ3n) is 4.80. The van der Waals surface area contributed by atoms with Gasteiger partial charge in [0.15, 0.2) is 0 Å². The lowest BCUT2D eigenvalue weighted by Gasteiger charge is -2.43. The van der Waals surface area contributed by atoms with E-state index in [9.17, 15) is 0 Å². The van der Waals surface area contributed by atoms with Crippen LogP contribution in [0.5, 0.6) is 0 Å². The maximum Gasteiger partial charge on any atom is 0.0697 e. The van der Waals surface area contributed by atoms with Crippen LogP contribution in [-0.4, -0.2) is 19.8 Å². The zero-order valence-corrected chi connectivity index (χ0v) is 12.4. The van der Waals surface area contributed by atoms with Gasteiger partial charge in [0.1, 0.15) is 0 Å². The topological polar surface area (TPSA) is 21.3 Å². The van der Waals surface area contributed by atoms with E-state index in [4.69, 9.17) is 4.74 Å². The Balaban J connectivity index is 1.87.